The zero-order valence-corrected chi connectivity index (χ0v) is 6.82. The van der Waals surface area contributed by atoms with Crippen molar-refractivity contribution in [2.75, 3.05) is 0 Å². The summed E-state index contributed by atoms with van der Waals surface area (Å²) < 4.78 is 0. The SMILES string of the molecule is Clc1ccc[nH]1.[Zr]. The predicted molar refractivity (Wildman–Crippen MR) is 25.8 cm³/mol. The molecule has 1 aromatic heterocycles. The van der Waals surface area contributed by atoms with Gasteiger partial charge in [0.25, 0.3) is 0 Å². The maximum Gasteiger partial charge on any atom is 0.106 e. The van der Waals surface area contributed by atoms with Crippen molar-refractivity contribution < 1.29 is 26.2 Å². The Hall–Kier alpha value is 0.453. The number of H-pyrrole nitrogens is 1. The minimum absolute atomic E-state index is 0. The summed E-state index contributed by atoms with van der Waals surface area (Å²) in [5, 5.41) is 0.690. The quantitative estimate of drug-likeness (QED) is 0.644. The number of hydrogen-bond donors (Lipinski definition) is 1. The van der Waals surface area contributed by atoms with Gasteiger partial charge in [-0.15, -0.1) is 0 Å². The van der Waals surface area contributed by atoms with Crippen LogP contribution >= 0.6 is 11.6 Å². The van der Waals surface area contributed by atoms with Crippen molar-refractivity contribution in [3.63, 3.8) is 0 Å². The Morgan fingerprint density at radius 2 is 2.29 bits per heavy atom. The average molecular weight is 193 g/mol. The Kier molecular flexibility index (Phi) is 3.68. The molecule has 0 aliphatic carbocycles. The van der Waals surface area contributed by atoms with Gasteiger partial charge in [0.2, 0.25) is 0 Å². The Bertz CT molecular complexity index is 115. The number of rotatable bonds is 0. The molecule has 0 fully saturated rings. The Morgan fingerprint density at radius 3 is 2.43 bits per heavy atom. The molecule has 1 nitrogen and oxygen atoms in total. The smallest absolute Gasteiger partial charge is 0.106 e. The molecule has 0 unspecified atom stereocenters. The predicted octanol–water partition coefficient (Wildman–Crippen LogP) is 1.67. The molecule has 1 aromatic rings. The van der Waals surface area contributed by atoms with E-state index < -0.39 is 0 Å². The number of hydrogen-bond acceptors (Lipinski definition) is 0. The van der Waals surface area contributed by atoms with Crippen LogP contribution in [0, 0.1) is 0 Å². The summed E-state index contributed by atoms with van der Waals surface area (Å²) in [6.07, 6.45) is 1.78. The number of aromatic amines is 1. The molecular weight excluding hydrogens is 189 g/mol. The van der Waals surface area contributed by atoms with Gasteiger partial charge in [-0.25, -0.2) is 0 Å². The monoisotopic (exact) mass is 191 g/mol. The topological polar surface area (TPSA) is 15.8 Å². The average Bonchev–Trinajstić information content (AvgIpc) is 1.86. The van der Waals surface area contributed by atoms with Crippen molar-refractivity contribution >= 4 is 11.6 Å². The molecule has 0 saturated carbocycles. The van der Waals surface area contributed by atoms with E-state index in [1.165, 1.54) is 0 Å². The molecule has 0 spiro atoms. The van der Waals surface area contributed by atoms with Gasteiger partial charge in [0.05, 0.1) is 0 Å². The molecule has 1 heterocycles. The van der Waals surface area contributed by atoms with Gasteiger partial charge in [-0.2, -0.15) is 0 Å². The molecule has 36 valence electrons. The van der Waals surface area contributed by atoms with E-state index in [0.29, 0.717) is 5.15 Å². The van der Waals surface area contributed by atoms with Crippen LogP contribution in [0.2, 0.25) is 5.15 Å². The van der Waals surface area contributed by atoms with E-state index in [-0.39, 0.29) is 26.2 Å². The number of aromatic nitrogens is 1. The molecule has 1 N–H and O–H groups in total. The first-order valence-electron chi connectivity index (χ1n) is 1.68. The van der Waals surface area contributed by atoms with E-state index in [2.05, 4.69) is 4.98 Å². The molecule has 0 bridgehead atoms. The standard InChI is InChI=1S/C4H4ClN.Zr/c5-4-2-1-3-6-4;/h1-3,6H;. The van der Waals surface area contributed by atoms with Crippen molar-refractivity contribution in [3.05, 3.63) is 23.5 Å². The van der Waals surface area contributed by atoms with E-state index in [0.717, 1.165) is 0 Å². The first-order chi connectivity index (χ1) is 2.89. The zero-order valence-electron chi connectivity index (χ0n) is 3.61. The first-order valence-corrected chi connectivity index (χ1v) is 2.06. The van der Waals surface area contributed by atoms with E-state index in [9.17, 15) is 0 Å². The largest absolute Gasteiger partial charge is 0.352 e. The zero-order chi connectivity index (χ0) is 4.41. The van der Waals surface area contributed by atoms with Crippen molar-refractivity contribution in [1.82, 2.24) is 4.98 Å². The number of nitrogens with one attached hydrogen (secondary N) is 1. The molecule has 0 amide bonds. The Morgan fingerprint density at radius 1 is 1.57 bits per heavy atom. The summed E-state index contributed by atoms with van der Waals surface area (Å²) in [7, 11) is 0. The third kappa shape index (κ3) is 2.30. The van der Waals surface area contributed by atoms with Gasteiger partial charge in [-0.1, -0.05) is 11.6 Å². The second kappa shape index (κ2) is 3.45. The minimum atomic E-state index is 0. The second-order valence-electron chi connectivity index (χ2n) is 1.02. The van der Waals surface area contributed by atoms with Gasteiger partial charge >= 0.3 is 0 Å². The summed E-state index contributed by atoms with van der Waals surface area (Å²) in [6, 6.07) is 3.64. The van der Waals surface area contributed by atoms with Crippen molar-refractivity contribution in [3.8, 4) is 0 Å². The molecule has 1 rings (SSSR count). The molecular formula is C4H4ClNZr. The van der Waals surface area contributed by atoms with Crippen LogP contribution in [0.1, 0.15) is 0 Å². The van der Waals surface area contributed by atoms with E-state index in [1.54, 1.807) is 12.3 Å². The molecule has 7 heavy (non-hydrogen) atoms. The fourth-order valence-corrected chi connectivity index (χ4v) is 0.444. The molecule has 0 aliphatic heterocycles. The van der Waals surface area contributed by atoms with Crippen LogP contribution in [-0.4, -0.2) is 4.98 Å². The van der Waals surface area contributed by atoms with Gasteiger partial charge in [0.15, 0.2) is 0 Å². The summed E-state index contributed by atoms with van der Waals surface area (Å²) in [6.45, 7) is 0. The summed E-state index contributed by atoms with van der Waals surface area (Å²) in [5.74, 6) is 0. The van der Waals surface area contributed by atoms with Gasteiger partial charge < -0.3 is 4.98 Å². The van der Waals surface area contributed by atoms with Crippen molar-refractivity contribution in [2.24, 2.45) is 0 Å². The van der Waals surface area contributed by atoms with Crippen molar-refractivity contribution in [1.29, 1.82) is 0 Å². The van der Waals surface area contributed by atoms with Crippen molar-refractivity contribution in [2.45, 2.75) is 0 Å². The third-order valence-electron chi connectivity index (χ3n) is 0.560. The molecule has 3 heteroatoms. The molecule has 0 saturated heterocycles. The third-order valence-corrected chi connectivity index (χ3v) is 0.795. The first kappa shape index (κ1) is 7.45. The van der Waals surface area contributed by atoms with Crippen LogP contribution in [0.15, 0.2) is 18.3 Å². The minimum Gasteiger partial charge on any atom is -0.352 e. The summed E-state index contributed by atoms with van der Waals surface area (Å²) in [4.78, 5) is 2.77. The second-order valence-corrected chi connectivity index (χ2v) is 1.43. The molecule has 0 aromatic carbocycles. The fraction of sp³-hybridized carbons (Fsp3) is 0. The normalized spacial score (nSPS) is 7.57. The van der Waals surface area contributed by atoms with Crippen LogP contribution < -0.4 is 0 Å². The van der Waals surface area contributed by atoms with Crippen LogP contribution in [0.3, 0.4) is 0 Å². The number of halogens is 1. The maximum absolute atomic E-state index is 5.40. The molecule has 0 atom stereocenters. The fourth-order valence-electron chi connectivity index (χ4n) is 0.308. The maximum atomic E-state index is 5.40. The van der Waals surface area contributed by atoms with Crippen LogP contribution in [-0.2, 0) is 26.2 Å². The molecule has 0 radical (unpaired) electrons. The van der Waals surface area contributed by atoms with Gasteiger partial charge in [0.1, 0.15) is 5.15 Å². The van der Waals surface area contributed by atoms with Crippen LogP contribution in [0.25, 0.3) is 0 Å². The van der Waals surface area contributed by atoms with Gasteiger partial charge in [0, 0.05) is 32.4 Å². The molecule has 0 aliphatic rings. The summed E-state index contributed by atoms with van der Waals surface area (Å²) >= 11 is 5.40. The van der Waals surface area contributed by atoms with Gasteiger partial charge in [-0.3, -0.25) is 0 Å². The Labute approximate surface area is 66.2 Å². The van der Waals surface area contributed by atoms with E-state index >= 15 is 0 Å². The van der Waals surface area contributed by atoms with Gasteiger partial charge in [-0.05, 0) is 12.1 Å². The Balaban J connectivity index is 0.000000360. The van der Waals surface area contributed by atoms with E-state index in [4.69, 9.17) is 11.6 Å². The van der Waals surface area contributed by atoms with Crippen LogP contribution in [0.4, 0.5) is 0 Å². The van der Waals surface area contributed by atoms with E-state index in [1.807, 2.05) is 6.07 Å². The van der Waals surface area contributed by atoms with Crippen LogP contribution in [0.5, 0.6) is 0 Å². The summed E-state index contributed by atoms with van der Waals surface area (Å²) in [5.41, 5.74) is 0.